The van der Waals surface area contributed by atoms with Gasteiger partial charge in [-0.3, -0.25) is 14.2 Å². The fraction of sp³-hybridized carbons (Fsp3) is 0.500. The second kappa shape index (κ2) is 19.8. The zero-order chi connectivity index (χ0) is 19.9. The molecule has 0 heterocycles. The van der Waals surface area contributed by atoms with Gasteiger partial charge in [0.2, 0.25) is 0 Å². The number of rotatable bonds is 8. The van der Waals surface area contributed by atoms with Crippen LogP contribution in [0.25, 0.3) is 0 Å². The average molecular weight is 484 g/mol. The molecule has 0 spiro atoms. The van der Waals surface area contributed by atoms with Gasteiger partial charge in [-0.25, -0.2) is 0 Å². The van der Waals surface area contributed by atoms with Gasteiger partial charge in [0.25, 0.3) is 0 Å². The maximum Gasteiger partial charge on any atom is 1.00 e. The number of hydrogen-bond donors (Lipinski definition) is 4. The minimum absolute atomic E-state index is 0. The molecule has 0 rings (SSSR count). The first-order chi connectivity index (χ1) is 10.5. The first-order valence-corrected chi connectivity index (χ1v) is 8.71. The molecule has 14 nitrogen and oxygen atoms in total. The molecular weight excluding hydrogens is 474 g/mol. The van der Waals surface area contributed by atoms with Crippen LogP contribution in [0.15, 0.2) is 0 Å². The summed E-state index contributed by atoms with van der Waals surface area (Å²) in [6.07, 6.45) is -2.47. The molecule has 20 heteroatoms. The van der Waals surface area contributed by atoms with Crippen LogP contribution in [0.4, 0.5) is 0 Å². The Labute approximate surface area is 246 Å². The summed E-state index contributed by atoms with van der Waals surface area (Å²) in [4.78, 5) is 76.6. The summed E-state index contributed by atoms with van der Waals surface area (Å²) in [7, 11) is -10.3. The van der Waals surface area contributed by atoms with E-state index in [1.165, 1.54) is 0 Å². The van der Waals surface area contributed by atoms with Gasteiger partial charge >= 0.3 is 138 Å². The molecule has 28 heavy (non-hydrogen) atoms. The number of carbonyl (C=O) groups is 4. The summed E-state index contributed by atoms with van der Waals surface area (Å²) in [6.45, 7) is 0. The molecule has 2 atom stereocenters. The predicted molar refractivity (Wildman–Crippen MR) is 61.7 cm³/mol. The molecule has 0 fully saturated rings. The van der Waals surface area contributed by atoms with Crippen LogP contribution in [-0.4, -0.2) is 55.2 Å². The van der Waals surface area contributed by atoms with Crippen LogP contribution in [-0.2, 0) is 28.3 Å². The van der Waals surface area contributed by atoms with Crippen molar-refractivity contribution in [3.8, 4) is 0 Å². The van der Waals surface area contributed by atoms with Crippen molar-refractivity contribution in [2.45, 2.75) is 24.2 Å². The Morgan fingerprint density at radius 2 is 1.14 bits per heavy atom. The summed E-state index contributed by atoms with van der Waals surface area (Å²) >= 11 is 0. The Hall–Kier alpha value is 2.18. The van der Waals surface area contributed by atoms with E-state index in [0.29, 0.717) is 0 Å². The van der Waals surface area contributed by atoms with Crippen LogP contribution in [0.1, 0.15) is 12.8 Å². The summed E-state index contributed by atoms with van der Waals surface area (Å²) in [5, 5.41) is 36.0. The monoisotopic (exact) mass is 484 g/mol. The third-order valence-corrected chi connectivity index (χ3v) is 4.45. The van der Waals surface area contributed by atoms with E-state index in [4.69, 9.17) is 20.0 Å². The predicted octanol–water partition coefficient (Wildman–Crippen LogP) is -17.7. The molecule has 0 aromatic rings. The number of aliphatic carboxylic acids is 4. The fourth-order valence-electron chi connectivity index (χ4n) is 0.998. The van der Waals surface area contributed by atoms with Gasteiger partial charge in [0.15, 0.2) is 5.66 Å². The van der Waals surface area contributed by atoms with Crippen molar-refractivity contribution in [2.75, 3.05) is 0 Å². The second-order valence-electron chi connectivity index (χ2n) is 3.99. The van der Waals surface area contributed by atoms with Crippen molar-refractivity contribution in [1.82, 2.24) is 0 Å². The Morgan fingerprint density at radius 3 is 1.21 bits per heavy atom. The molecule has 0 aromatic heterocycles. The molecule has 0 amide bonds. The third kappa shape index (κ3) is 22.9. The number of carbonyl (C=O) groups excluding carboxylic acids is 2. The SMILES string of the molecule is O=C(O)CC(C(=O)O)P(=O)(O)O.O=C([O-])CC(C(=O)[O-])P(=O)([O-])[O-].[Na+].[Na+].[Na+].[Na+]. The number of carboxylic acids is 4. The molecule has 0 saturated heterocycles. The standard InChI is InChI=1S/2C4H7O7P.4Na/c2*5-3(6)1-2(4(7)8)12(9,10)11;;;;/h2*2H,1H2,(H,5,6)(H,7,8)(H2,9,10,11);;;;/q;;4*+1/p-4. The number of carboxylic acid groups (broad SMARTS) is 4. The van der Waals surface area contributed by atoms with E-state index in [0.717, 1.165) is 0 Å². The van der Waals surface area contributed by atoms with E-state index in [9.17, 15) is 48.3 Å². The van der Waals surface area contributed by atoms with Crippen molar-refractivity contribution in [3.05, 3.63) is 0 Å². The van der Waals surface area contributed by atoms with Gasteiger partial charge in [0.05, 0.1) is 6.42 Å². The van der Waals surface area contributed by atoms with E-state index in [1.807, 2.05) is 0 Å². The van der Waals surface area contributed by atoms with Crippen LogP contribution in [0, 0.1) is 0 Å². The van der Waals surface area contributed by atoms with Crippen molar-refractivity contribution < 1.29 is 187 Å². The van der Waals surface area contributed by atoms with Gasteiger partial charge in [-0.1, -0.05) is 7.60 Å². The minimum Gasteiger partial charge on any atom is -0.810 e. The van der Waals surface area contributed by atoms with Gasteiger partial charge in [-0.05, 0) is 6.42 Å². The molecule has 2 unspecified atom stereocenters. The number of hydrogen-bond acceptors (Lipinski definition) is 10. The smallest absolute Gasteiger partial charge is 0.810 e. The molecule has 0 aliphatic rings. The van der Waals surface area contributed by atoms with Crippen molar-refractivity contribution in [3.63, 3.8) is 0 Å². The Balaban J connectivity index is -0.0000000756. The molecule has 140 valence electrons. The maximum absolute atomic E-state index is 10.4. The van der Waals surface area contributed by atoms with Gasteiger partial charge in [-0.2, -0.15) is 0 Å². The average Bonchev–Trinajstić information content (AvgIpc) is 2.30. The Morgan fingerprint density at radius 1 is 0.786 bits per heavy atom. The minimum atomic E-state index is -5.47. The molecule has 0 aliphatic heterocycles. The van der Waals surface area contributed by atoms with Crippen molar-refractivity contribution in [2.24, 2.45) is 0 Å². The third-order valence-electron chi connectivity index (χ3n) is 2.07. The van der Waals surface area contributed by atoms with E-state index in [1.54, 1.807) is 0 Å². The largest absolute Gasteiger partial charge is 1.00 e. The molecule has 0 radical (unpaired) electrons. The van der Waals surface area contributed by atoms with Crippen molar-refractivity contribution >= 4 is 39.1 Å². The van der Waals surface area contributed by atoms with Gasteiger partial charge in [-0.15, -0.1) is 0 Å². The van der Waals surface area contributed by atoms with Gasteiger partial charge < -0.3 is 54.2 Å². The van der Waals surface area contributed by atoms with Crippen LogP contribution in [0.2, 0.25) is 0 Å². The zero-order valence-electron chi connectivity index (χ0n) is 15.3. The Bertz CT molecular complexity index is 548. The van der Waals surface area contributed by atoms with E-state index >= 15 is 0 Å². The molecule has 0 bridgehead atoms. The summed E-state index contributed by atoms with van der Waals surface area (Å²) in [6, 6.07) is 0. The Kier molecular flexibility index (Phi) is 31.1. The molecule has 4 N–H and O–H groups in total. The van der Waals surface area contributed by atoms with Gasteiger partial charge in [0.1, 0.15) is 0 Å². The van der Waals surface area contributed by atoms with Crippen LogP contribution < -0.4 is 138 Å². The van der Waals surface area contributed by atoms with E-state index < -0.39 is 63.2 Å². The molecular formula is C8H10Na4O14P2. The normalized spacial score (nSPS) is 11.9. The fourth-order valence-corrected chi connectivity index (χ4v) is 2.31. The second-order valence-corrected chi connectivity index (χ2v) is 7.50. The van der Waals surface area contributed by atoms with Crippen LogP contribution in [0.3, 0.4) is 0 Å². The molecule has 0 aromatic carbocycles. The first-order valence-electron chi connectivity index (χ1n) is 5.42. The van der Waals surface area contributed by atoms with Crippen LogP contribution >= 0.6 is 15.2 Å². The van der Waals surface area contributed by atoms with E-state index in [2.05, 4.69) is 0 Å². The topological polar surface area (TPSA) is 276 Å². The quantitative estimate of drug-likeness (QED) is 0.184. The zero-order valence-corrected chi connectivity index (χ0v) is 25.1. The maximum atomic E-state index is 10.4. The van der Waals surface area contributed by atoms with Crippen LogP contribution in [0.5, 0.6) is 0 Å². The summed E-state index contributed by atoms with van der Waals surface area (Å²) in [5.41, 5.74) is -4.71. The van der Waals surface area contributed by atoms with E-state index in [-0.39, 0.29) is 118 Å². The first kappa shape index (κ1) is 44.0. The summed E-state index contributed by atoms with van der Waals surface area (Å²) < 4.78 is 20.4. The molecule has 0 saturated carbocycles. The van der Waals surface area contributed by atoms with Gasteiger partial charge in [0, 0.05) is 17.6 Å². The molecule has 0 aliphatic carbocycles. The summed E-state index contributed by atoms with van der Waals surface area (Å²) in [5.74, 6) is -7.54. The van der Waals surface area contributed by atoms with Crippen molar-refractivity contribution in [1.29, 1.82) is 0 Å².